The minimum atomic E-state index is -3.16. The van der Waals surface area contributed by atoms with Gasteiger partial charge in [0.2, 0.25) is 11.8 Å². The fraction of sp³-hybridized carbons (Fsp3) is 0.615. The van der Waals surface area contributed by atoms with Crippen molar-refractivity contribution in [3.63, 3.8) is 0 Å². The van der Waals surface area contributed by atoms with Gasteiger partial charge < -0.3 is 24.2 Å². The highest BCUT2D eigenvalue weighted by molar-refractivity contribution is 5.88. The highest BCUT2D eigenvalue weighted by Crippen LogP contribution is 2.33. The van der Waals surface area contributed by atoms with E-state index in [1.807, 2.05) is 0 Å². The maximum atomic E-state index is 15.0. The lowest BCUT2D eigenvalue weighted by Crippen LogP contribution is -2.60. The molecule has 3 aliphatic rings. The second kappa shape index (κ2) is 12.5. The van der Waals surface area contributed by atoms with Crippen molar-refractivity contribution in [1.29, 1.82) is 0 Å². The molecule has 0 radical (unpaired) electrons. The Morgan fingerprint density at radius 2 is 1.93 bits per heavy atom. The lowest BCUT2D eigenvalue weighted by atomic mass is 10.00. The quantitative estimate of drug-likeness (QED) is 0.489. The second-order valence-corrected chi connectivity index (χ2v) is 10.7. The van der Waals surface area contributed by atoms with Crippen molar-refractivity contribution in [2.24, 2.45) is 0 Å². The molecule has 42 heavy (non-hydrogen) atoms. The topological polar surface area (TPSA) is 141 Å². The fourth-order valence-electron chi connectivity index (χ4n) is 5.51. The molecule has 3 amide bonds. The number of hydrogen-bond donors (Lipinski definition) is 2. The number of carbonyl (C=O) groups is 2. The van der Waals surface area contributed by atoms with E-state index in [0.717, 1.165) is 31.0 Å². The van der Waals surface area contributed by atoms with Crippen LogP contribution in [0.4, 0.5) is 36.0 Å². The van der Waals surface area contributed by atoms with Gasteiger partial charge in [-0.15, -0.1) is 0 Å². The summed E-state index contributed by atoms with van der Waals surface area (Å²) in [7, 11) is 3.38. The van der Waals surface area contributed by atoms with Gasteiger partial charge in [-0.3, -0.25) is 15.5 Å². The van der Waals surface area contributed by atoms with Crippen molar-refractivity contribution in [3.8, 4) is 5.88 Å². The van der Waals surface area contributed by atoms with Crippen molar-refractivity contribution in [3.05, 3.63) is 24.7 Å². The number of ether oxygens (including phenoxy) is 2. The van der Waals surface area contributed by atoms with Crippen LogP contribution < -0.4 is 20.3 Å². The molecule has 3 fully saturated rings. The van der Waals surface area contributed by atoms with E-state index in [-0.39, 0.29) is 42.7 Å². The molecule has 0 spiro atoms. The van der Waals surface area contributed by atoms with Crippen LogP contribution in [0, 0.1) is 0 Å². The van der Waals surface area contributed by atoms with Crippen LogP contribution >= 0.6 is 0 Å². The van der Waals surface area contributed by atoms with Gasteiger partial charge in [0.25, 0.3) is 5.92 Å². The molecule has 3 atom stereocenters. The maximum absolute atomic E-state index is 15.0. The van der Waals surface area contributed by atoms with Crippen LogP contribution in [-0.2, 0) is 4.74 Å². The van der Waals surface area contributed by atoms with Gasteiger partial charge in [0, 0.05) is 71.4 Å². The summed E-state index contributed by atoms with van der Waals surface area (Å²) in [4.78, 5) is 49.2. The smallest absolute Gasteiger partial charge is 0.413 e. The highest BCUT2D eigenvalue weighted by Gasteiger charge is 2.48. The molecule has 0 saturated carbocycles. The normalized spacial score (nSPS) is 24.0. The Morgan fingerprint density at radius 1 is 1.10 bits per heavy atom. The number of fused-ring (bicyclic) bond motifs is 1. The third kappa shape index (κ3) is 6.92. The van der Waals surface area contributed by atoms with E-state index < -0.39 is 30.5 Å². The summed E-state index contributed by atoms with van der Waals surface area (Å²) in [6.07, 6.45) is 3.46. The van der Waals surface area contributed by atoms with Gasteiger partial charge in [0.1, 0.15) is 18.0 Å². The molecule has 0 bridgehead atoms. The van der Waals surface area contributed by atoms with Crippen LogP contribution in [0.25, 0.3) is 0 Å². The number of amides is 3. The van der Waals surface area contributed by atoms with E-state index in [0.29, 0.717) is 19.2 Å². The third-order valence-corrected chi connectivity index (χ3v) is 7.75. The summed E-state index contributed by atoms with van der Waals surface area (Å²) < 4.78 is 40.9. The molecule has 228 valence electrons. The van der Waals surface area contributed by atoms with Crippen molar-refractivity contribution >= 4 is 29.7 Å². The van der Waals surface area contributed by atoms with E-state index in [1.165, 1.54) is 31.7 Å². The first-order valence-electron chi connectivity index (χ1n) is 14.0. The Bertz CT molecular complexity index is 1260. The molecule has 2 N–H and O–H groups in total. The predicted molar refractivity (Wildman–Crippen MR) is 149 cm³/mol. The van der Waals surface area contributed by atoms with Crippen molar-refractivity contribution < 1.29 is 27.8 Å². The summed E-state index contributed by atoms with van der Waals surface area (Å²) >= 11 is 0. The number of aromatic nitrogens is 4. The molecule has 0 aliphatic carbocycles. The first kappa shape index (κ1) is 29.6. The number of hydrogen-bond acceptors (Lipinski definition) is 11. The zero-order valence-corrected chi connectivity index (χ0v) is 23.9. The van der Waals surface area contributed by atoms with E-state index in [2.05, 4.69) is 47.4 Å². The van der Waals surface area contributed by atoms with Crippen molar-refractivity contribution in [2.75, 3.05) is 75.5 Å². The van der Waals surface area contributed by atoms with E-state index in [1.54, 1.807) is 11.8 Å². The fourth-order valence-corrected chi connectivity index (χ4v) is 5.51. The molecule has 16 heteroatoms. The molecule has 2 aromatic heterocycles. The first-order valence-corrected chi connectivity index (χ1v) is 14.0. The molecule has 0 aromatic carbocycles. The van der Waals surface area contributed by atoms with E-state index in [4.69, 9.17) is 9.47 Å². The number of likely N-dealkylation sites (N-methyl/N-ethyl adjacent to an activating group) is 2. The lowest BCUT2D eigenvalue weighted by molar-refractivity contribution is -0.0760. The summed E-state index contributed by atoms with van der Waals surface area (Å²) in [5.41, 5.74) is 0. The van der Waals surface area contributed by atoms with Gasteiger partial charge >= 0.3 is 12.1 Å². The number of rotatable bonds is 7. The minimum absolute atomic E-state index is 0.0367. The first-order chi connectivity index (χ1) is 20.1. The number of piperazine rings is 1. The van der Waals surface area contributed by atoms with Crippen LogP contribution in [0.3, 0.4) is 0 Å². The summed E-state index contributed by atoms with van der Waals surface area (Å²) in [6.45, 7) is 5.50. The van der Waals surface area contributed by atoms with Crippen molar-refractivity contribution in [2.45, 2.75) is 43.9 Å². The van der Waals surface area contributed by atoms with Crippen LogP contribution in [0.1, 0.15) is 19.8 Å². The van der Waals surface area contributed by atoms with Crippen molar-refractivity contribution in [1.82, 2.24) is 34.6 Å². The number of nitrogens with zero attached hydrogens (tertiary/aromatic N) is 8. The summed E-state index contributed by atoms with van der Waals surface area (Å²) in [5, 5.41) is 5.12. The van der Waals surface area contributed by atoms with Crippen LogP contribution in [-0.4, -0.2) is 131 Å². The number of urea groups is 1. The van der Waals surface area contributed by atoms with Crippen LogP contribution in [0.15, 0.2) is 24.7 Å². The van der Waals surface area contributed by atoms with E-state index >= 15 is 8.78 Å². The minimum Gasteiger partial charge on any atom is -0.477 e. The number of anilines is 3. The highest BCUT2D eigenvalue weighted by atomic mass is 19.3. The molecule has 0 unspecified atom stereocenters. The Balaban J connectivity index is 1.18. The van der Waals surface area contributed by atoms with Gasteiger partial charge in [-0.25, -0.2) is 33.3 Å². The average Bonchev–Trinajstić information content (AvgIpc) is 3.35. The van der Waals surface area contributed by atoms with Crippen LogP contribution in [0.2, 0.25) is 0 Å². The number of piperidine rings is 1. The standard InChI is InChI=1S/C26H36F2N10O4/c1-4-41-22-13-30-21(12-31-22)33-24(39)36(3)19-16-38(8-6-26(19,27)28)23-29-7-5-20(32-23)34-25(40)42-18-11-17-14-35(2)9-10-37(17)15-18/h5,7,12-13,17-19H,4,6,8-11,14-16H2,1-3H3,(H,30,33,39)(H,29,32,34,40)/t17-,18-,19-/m0/s1. The monoisotopic (exact) mass is 590 g/mol. The Morgan fingerprint density at radius 3 is 2.69 bits per heavy atom. The number of halogens is 2. The Kier molecular flexibility index (Phi) is 8.82. The Hall–Kier alpha value is -3.92. The zero-order valence-electron chi connectivity index (χ0n) is 23.9. The second-order valence-electron chi connectivity index (χ2n) is 10.7. The molecule has 5 heterocycles. The molecular weight excluding hydrogens is 554 g/mol. The Labute approximate surface area is 242 Å². The van der Waals surface area contributed by atoms with E-state index in [9.17, 15) is 9.59 Å². The zero-order chi connectivity index (χ0) is 29.9. The SMILES string of the molecule is CCOc1cnc(NC(=O)N(C)[C@H]2CN(c3nccc(NC(=O)O[C@H]4C[C@H]5CN(C)CCN5C4)n3)CCC2(F)F)cn1. The molecule has 3 aliphatic heterocycles. The largest absolute Gasteiger partial charge is 0.477 e. The van der Waals surface area contributed by atoms with Crippen LogP contribution in [0.5, 0.6) is 5.88 Å². The molecular formula is C26H36F2N10O4. The van der Waals surface area contributed by atoms with Gasteiger partial charge in [0.05, 0.1) is 19.0 Å². The summed E-state index contributed by atoms with van der Waals surface area (Å²) in [6, 6.07) is -0.377. The molecule has 2 aromatic rings. The van der Waals surface area contributed by atoms with Gasteiger partial charge in [-0.2, -0.15) is 4.98 Å². The van der Waals surface area contributed by atoms with Gasteiger partial charge in [-0.05, 0) is 20.0 Å². The predicted octanol–water partition coefficient (Wildman–Crippen LogP) is 1.98. The lowest BCUT2D eigenvalue weighted by Gasteiger charge is -2.42. The number of carbonyl (C=O) groups excluding carboxylic acids is 2. The maximum Gasteiger partial charge on any atom is 0.413 e. The summed E-state index contributed by atoms with van der Waals surface area (Å²) in [5.74, 6) is -2.43. The molecule has 14 nitrogen and oxygen atoms in total. The number of nitrogens with one attached hydrogen (secondary N) is 2. The molecule has 5 rings (SSSR count). The number of alkyl halides is 2. The molecule has 3 saturated heterocycles. The van der Waals surface area contributed by atoms with Gasteiger partial charge in [-0.1, -0.05) is 0 Å². The third-order valence-electron chi connectivity index (χ3n) is 7.75. The average molecular weight is 591 g/mol. The van der Waals surface area contributed by atoms with Gasteiger partial charge in [0.15, 0.2) is 5.82 Å².